The van der Waals surface area contributed by atoms with Crippen LogP contribution in [0.25, 0.3) is 0 Å². The molecule has 0 aromatic heterocycles. The van der Waals surface area contributed by atoms with Crippen molar-refractivity contribution in [1.82, 2.24) is 5.32 Å². The Morgan fingerprint density at radius 2 is 1.96 bits per heavy atom. The van der Waals surface area contributed by atoms with Crippen molar-refractivity contribution in [3.8, 4) is 0 Å². The zero-order chi connectivity index (χ0) is 19.8. The molecule has 0 aliphatic carbocycles. The normalized spacial score (nSPS) is 17.6. The van der Waals surface area contributed by atoms with E-state index in [4.69, 9.17) is 4.74 Å². The topological polar surface area (TPSA) is 89.5 Å². The second-order valence-corrected chi connectivity index (χ2v) is 8.43. The number of fused-ring (bicyclic) bond motifs is 1. The summed E-state index contributed by atoms with van der Waals surface area (Å²) in [6.45, 7) is 1.63. The van der Waals surface area contributed by atoms with Crippen molar-refractivity contribution in [1.29, 1.82) is 0 Å². The first kappa shape index (κ1) is 19.0. The zero-order valence-electron chi connectivity index (χ0n) is 14.7. The van der Waals surface area contributed by atoms with Crippen LogP contribution in [0.15, 0.2) is 47.4 Å². The Morgan fingerprint density at radius 1 is 1.26 bits per heavy atom. The van der Waals surface area contributed by atoms with Gasteiger partial charge in [-0.15, -0.1) is 0 Å². The molecule has 0 unspecified atom stereocenters. The molecule has 0 spiro atoms. The van der Waals surface area contributed by atoms with Gasteiger partial charge in [-0.05, 0) is 36.2 Å². The Morgan fingerprint density at radius 3 is 2.63 bits per heavy atom. The number of cyclic esters (lactones) is 1. The van der Waals surface area contributed by atoms with Crippen LogP contribution in [-0.4, -0.2) is 32.7 Å². The first-order valence-corrected chi connectivity index (χ1v) is 10.1. The van der Waals surface area contributed by atoms with Gasteiger partial charge in [0.25, 0.3) is 5.91 Å². The fourth-order valence-electron chi connectivity index (χ4n) is 2.95. The molecule has 3 rings (SSSR count). The van der Waals surface area contributed by atoms with Gasteiger partial charge in [0.1, 0.15) is 10.7 Å². The predicted octanol–water partition coefficient (Wildman–Crippen LogP) is 2.19. The molecule has 2 atom stereocenters. The molecule has 1 N–H and O–H groups in total. The molecule has 6 nitrogen and oxygen atoms in total. The van der Waals surface area contributed by atoms with Crippen molar-refractivity contribution >= 4 is 21.7 Å². The van der Waals surface area contributed by atoms with Gasteiger partial charge in [-0.25, -0.2) is 17.6 Å². The van der Waals surface area contributed by atoms with Crippen LogP contribution in [0.5, 0.6) is 0 Å². The average Bonchev–Trinajstić information content (AvgIpc) is 2.60. The molecule has 1 aliphatic rings. The fourth-order valence-corrected chi connectivity index (χ4v) is 3.68. The number of esters is 1. The molecule has 0 bridgehead atoms. The summed E-state index contributed by atoms with van der Waals surface area (Å²) in [5, 5.41) is 2.67. The third kappa shape index (κ3) is 4.00. The van der Waals surface area contributed by atoms with Crippen molar-refractivity contribution in [2.24, 2.45) is 0 Å². The molecular formula is C19H18FNO5S. The zero-order valence-corrected chi connectivity index (χ0v) is 15.5. The maximum atomic E-state index is 14.1. The van der Waals surface area contributed by atoms with Gasteiger partial charge >= 0.3 is 5.97 Å². The maximum absolute atomic E-state index is 14.1. The van der Waals surface area contributed by atoms with Gasteiger partial charge in [0, 0.05) is 12.7 Å². The van der Waals surface area contributed by atoms with E-state index in [1.54, 1.807) is 31.2 Å². The van der Waals surface area contributed by atoms with E-state index >= 15 is 0 Å². The van der Waals surface area contributed by atoms with Crippen LogP contribution in [0.1, 0.15) is 34.5 Å². The van der Waals surface area contributed by atoms with Crippen LogP contribution in [0.3, 0.4) is 0 Å². The lowest BCUT2D eigenvalue weighted by Gasteiger charge is -2.25. The van der Waals surface area contributed by atoms with Gasteiger partial charge in [-0.1, -0.05) is 24.3 Å². The lowest BCUT2D eigenvalue weighted by atomic mass is 9.98. The summed E-state index contributed by atoms with van der Waals surface area (Å²) in [6, 6.07) is 9.98. The first-order chi connectivity index (χ1) is 12.7. The van der Waals surface area contributed by atoms with E-state index in [-0.39, 0.29) is 6.42 Å². The number of sulfone groups is 1. The summed E-state index contributed by atoms with van der Waals surface area (Å²) >= 11 is 0. The maximum Gasteiger partial charge on any atom is 0.339 e. The number of hydrogen-bond acceptors (Lipinski definition) is 5. The number of amides is 1. The van der Waals surface area contributed by atoms with Gasteiger partial charge in [0.2, 0.25) is 0 Å². The van der Waals surface area contributed by atoms with E-state index in [2.05, 4.69) is 5.32 Å². The quantitative estimate of drug-likeness (QED) is 0.807. The standard InChI is InChI=1S/C19H18FNO5S/c1-11(12-7-8-17(15(20)9-12)27(2,24)25)21-18(22)16-10-13-5-3-4-6-14(13)19(23)26-16/h3-9,11,16H,10H2,1-2H3,(H,21,22)/t11-,16-/m1/s1. The highest BCUT2D eigenvalue weighted by molar-refractivity contribution is 7.90. The molecule has 27 heavy (non-hydrogen) atoms. The number of hydrogen-bond donors (Lipinski definition) is 1. The van der Waals surface area contributed by atoms with Gasteiger partial charge in [-0.2, -0.15) is 0 Å². The van der Waals surface area contributed by atoms with Crippen molar-refractivity contribution in [2.45, 2.75) is 30.4 Å². The highest BCUT2D eigenvalue weighted by Gasteiger charge is 2.31. The third-order valence-electron chi connectivity index (χ3n) is 4.40. The second-order valence-electron chi connectivity index (χ2n) is 6.45. The Bertz CT molecular complexity index is 1020. The van der Waals surface area contributed by atoms with E-state index in [1.807, 2.05) is 0 Å². The minimum atomic E-state index is -3.67. The highest BCUT2D eigenvalue weighted by atomic mass is 32.2. The number of benzene rings is 2. The Kier molecular flexibility index (Phi) is 5.01. The molecular weight excluding hydrogens is 373 g/mol. The molecule has 0 fully saturated rings. The average molecular weight is 391 g/mol. The molecule has 1 heterocycles. The summed E-state index contributed by atoms with van der Waals surface area (Å²) in [5.74, 6) is -1.94. The molecule has 2 aromatic rings. The van der Waals surface area contributed by atoms with Gasteiger partial charge in [0.05, 0.1) is 11.6 Å². The van der Waals surface area contributed by atoms with E-state index in [9.17, 15) is 22.4 Å². The number of carbonyl (C=O) groups is 2. The highest BCUT2D eigenvalue weighted by Crippen LogP contribution is 2.23. The second kappa shape index (κ2) is 7.11. The lowest BCUT2D eigenvalue weighted by Crippen LogP contribution is -2.42. The van der Waals surface area contributed by atoms with Gasteiger partial charge in [-0.3, -0.25) is 4.79 Å². The lowest BCUT2D eigenvalue weighted by molar-refractivity contribution is -0.131. The fraction of sp³-hybridized carbons (Fsp3) is 0.263. The van der Waals surface area contributed by atoms with Crippen molar-refractivity contribution < 1.29 is 27.1 Å². The molecule has 0 saturated heterocycles. The van der Waals surface area contributed by atoms with E-state index in [0.717, 1.165) is 17.9 Å². The Hall–Kier alpha value is -2.74. The molecule has 8 heteroatoms. The van der Waals surface area contributed by atoms with Crippen LogP contribution in [-0.2, 0) is 25.8 Å². The smallest absolute Gasteiger partial charge is 0.339 e. The predicted molar refractivity (Wildman–Crippen MR) is 95.4 cm³/mol. The minimum Gasteiger partial charge on any atom is -0.448 e. The number of halogens is 1. The largest absolute Gasteiger partial charge is 0.448 e. The van der Waals surface area contributed by atoms with Crippen LogP contribution >= 0.6 is 0 Å². The van der Waals surface area contributed by atoms with E-state index < -0.39 is 44.6 Å². The van der Waals surface area contributed by atoms with Crippen molar-refractivity contribution in [3.05, 3.63) is 65.0 Å². The number of ether oxygens (including phenoxy) is 1. The van der Waals surface area contributed by atoms with E-state index in [0.29, 0.717) is 11.1 Å². The van der Waals surface area contributed by atoms with E-state index in [1.165, 1.54) is 12.1 Å². The SMILES string of the molecule is C[C@@H](NC(=O)[C@H]1Cc2ccccc2C(=O)O1)c1ccc(S(C)(=O)=O)c(F)c1. The van der Waals surface area contributed by atoms with Gasteiger partial charge < -0.3 is 10.1 Å². The van der Waals surface area contributed by atoms with Crippen LogP contribution in [0, 0.1) is 5.82 Å². The molecule has 0 radical (unpaired) electrons. The monoisotopic (exact) mass is 391 g/mol. The summed E-state index contributed by atoms with van der Waals surface area (Å²) in [5.41, 5.74) is 1.56. The number of carbonyl (C=O) groups excluding carboxylic acids is 2. The summed E-state index contributed by atoms with van der Waals surface area (Å²) in [6.07, 6.45) is 0.197. The summed E-state index contributed by atoms with van der Waals surface area (Å²) < 4.78 is 42.2. The minimum absolute atomic E-state index is 0.252. The van der Waals surface area contributed by atoms with Gasteiger partial charge in [0.15, 0.2) is 15.9 Å². The number of rotatable bonds is 4. The number of nitrogens with one attached hydrogen (secondary N) is 1. The Labute approximate surface area is 156 Å². The molecule has 0 saturated carbocycles. The molecule has 142 valence electrons. The summed E-state index contributed by atoms with van der Waals surface area (Å²) in [4.78, 5) is 24.1. The third-order valence-corrected chi connectivity index (χ3v) is 5.53. The molecule has 1 amide bonds. The van der Waals surface area contributed by atoms with Crippen molar-refractivity contribution in [3.63, 3.8) is 0 Å². The van der Waals surface area contributed by atoms with Crippen LogP contribution in [0.4, 0.5) is 4.39 Å². The Balaban J connectivity index is 1.73. The van der Waals surface area contributed by atoms with Crippen molar-refractivity contribution in [2.75, 3.05) is 6.26 Å². The summed E-state index contributed by atoms with van der Waals surface area (Å²) in [7, 11) is -3.67. The van der Waals surface area contributed by atoms with Crippen LogP contribution in [0.2, 0.25) is 0 Å². The molecule has 2 aromatic carbocycles. The molecule has 1 aliphatic heterocycles. The first-order valence-electron chi connectivity index (χ1n) is 8.25. The van der Waals surface area contributed by atoms with Crippen LogP contribution < -0.4 is 5.32 Å².